The molecule has 0 spiro atoms. The number of nitrogens with zero attached hydrogens (tertiary/aromatic N) is 2. The van der Waals surface area contributed by atoms with E-state index in [1.165, 1.54) is 34.5 Å². The van der Waals surface area contributed by atoms with E-state index in [0.717, 1.165) is 0 Å². The Kier molecular flexibility index (Phi) is 6.51. The topological polar surface area (TPSA) is 88.6 Å². The molecule has 0 atom stereocenters. The Balaban J connectivity index is 1.54. The lowest BCUT2D eigenvalue weighted by atomic mass is 10.3. The number of aromatic nitrogens is 1. The Morgan fingerprint density at radius 2 is 1.89 bits per heavy atom. The highest BCUT2D eigenvalue weighted by Gasteiger charge is 2.18. The van der Waals surface area contributed by atoms with Gasteiger partial charge in [-0.25, -0.2) is 4.98 Å². The highest BCUT2D eigenvalue weighted by Crippen LogP contribution is 2.28. The van der Waals surface area contributed by atoms with Gasteiger partial charge in [-0.3, -0.25) is 19.3 Å². The molecule has 9 heteroatoms. The van der Waals surface area contributed by atoms with Gasteiger partial charge in [0.2, 0.25) is 5.91 Å². The van der Waals surface area contributed by atoms with Gasteiger partial charge in [0.15, 0.2) is 5.13 Å². The second-order valence-corrected chi connectivity index (χ2v) is 7.42. The number of amides is 2. The molecule has 0 aliphatic carbocycles. The van der Waals surface area contributed by atoms with E-state index in [4.69, 9.17) is 4.74 Å². The number of anilines is 2. The maximum Gasteiger partial charge on any atom is 0.325 e. The van der Waals surface area contributed by atoms with Crippen LogP contribution in [-0.4, -0.2) is 29.3 Å². The number of thiophene rings is 1. The van der Waals surface area contributed by atoms with Gasteiger partial charge in [0, 0.05) is 12.3 Å². The first-order valence-corrected chi connectivity index (χ1v) is 10.1. The molecule has 144 valence electrons. The van der Waals surface area contributed by atoms with E-state index < -0.39 is 5.97 Å². The summed E-state index contributed by atoms with van der Waals surface area (Å²) in [6.07, 6.45) is 0. The zero-order valence-corrected chi connectivity index (χ0v) is 16.6. The lowest BCUT2D eigenvalue weighted by Crippen LogP contribution is -2.30. The molecule has 7 nitrogen and oxygen atoms in total. The van der Waals surface area contributed by atoms with Crippen molar-refractivity contribution in [1.29, 1.82) is 0 Å². The Hall–Kier alpha value is -3.04. The molecule has 0 bridgehead atoms. The number of para-hydroxylation sites is 1. The number of rotatable bonds is 7. The summed E-state index contributed by atoms with van der Waals surface area (Å²) in [6.45, 7) is 1.20. The average molecular weight is 415 g/mol. The fraction of sp³-hybridized carbons (Fsp3) is 0.158. The molecular formula is C19H17N3O4S2. The molecule has 0 saturated heterocycles. The molecule has 3 rings (SSSR count). The van der Waals surface area contributed by atoms with Gasteiger partial charge in [0.25, 0.3) is 5.91 Å². The fourth-order valence-electron chi connectivity index (χ4n) is 2.32. The number of thiazole rings is 1. The van der Waals surface area contributed by atoms with Crippen molar-refractivity contribution in [2.75, 3.05) is 11.4 Å². The number of hydrogen-bond donors (Lipinski definition) is 1. The summed E-state index contributed by atoms with van der Waals surface area (Å²) in [4.78, 5) is 42.1. The van der Waals surface area contributed by atoms with E-state index >= 15 is 0 Å². The molecule has 0 radical (unpaired) electrons. The van der Waals surface area contributed by atoms with Gasteiger partial charge in [-0.15, -0.1) is 22.7 Å². The Labute approximate surface area is 169 Å². The molecule has 0 aliphatic rings. The predicted molar refractivity (Wildman–Crippen MR) is 108 cm³/mol. The van der Waals surface area contributed by atoms with Crippen LogP contribution >= 0.6 is 22.7 Å². The number of esters is 1. The third-order valence-electron chi connectivity index (χ3n) is 3.58. The summed E-state index contributed by atoms with van der Waals surface area (Å²) < 4.78 is 5.15. The predicted octanol–water partition coefficient (Wildman–Crippen LogP) is 3.36. The smallest absolute Gasteiger partial charge is 0.325 e. The maximum absolute atomic E-state index is 12.0. The van der Waals surface area contributed by atoms with Crippen molar-refractivity contribution in [3.8, 4) is 0 Å². The molecular weight excluding hydrogens is 398 g/mol. The van der Waals surface area contributed by atoms with E-state index in [-0.39, 0.29) is 25.0 Å². The summed E-state index contributed by atoms with van der Waals surface area (Å²) in [6, 6.07) is 12.6. The quantitative estimate of drug-likeness (QED) is 0.598. The SMILES string of the molecule is CC(=O)N(c1ccccc1)c1nc(COC(=O)CNC(=O)c2cccs2)cs1. The monoisotopic (exact) mass is 415 g/mol. The van der Waals surface area contributed by atoms with Gasteiger partial charge < -0.3 is 10.1 Å². The van der Waals surface area contributed by atoms with Crippen molar-refractivity contribution in [2.24, 2.45) is 0 Å². The van der Waals surface area contributed by atoms with Crippen LogP contribution in [0.2, 0.25) is 0 Å². The highest BCUT2D eigenvalue weighted by molar-refractivity contribution is 7.14. The zero-order valence-electron chi connectivity index (χ0n) is 15.0. The van der Waals surface area contributed by atoms with Crippen molar-refractivity contribution in [3.63, 3.8) is 0 Å². The largest absolute Gasteiger partial charge is 0.458 e. The number of benzene rings is 1. The normalized spacial score (nSPS) is 10.3. The van der Waals surface area contributed by atoms with Gasteiger partial charge in [-0.05, 0) is 23.6 Å². The van der Waals surface area contributed by atoms with Crippen molar-refractivity contribution in [1.82, 2.24) is 10.3 Å². The molecule has 3 aromatic rings. The van der Waals surface area contributed by atoms with Crippen LogP contribution < -0.4 is 10.2 Å². The lowest BCUT2D eigenvalue weighted by Gasteiger charge is -2.17. The molecule has 0 fully saturated rings. The molecule has 28 heavy (non-hydrogen) atoms. The van der Waals surface area contributed by atoms with Crippen molar-refractivity contribution in [3.05, 3.63) is 63.8 Å². The van der Waals surface area contributed by atoms with Crippen molar-refractivity contribution < 1.29 is 19.1 Å². The Morgan fingerprint density at radius 3 is 2.57 bits per heavy atom. The molecule has 0 aliphatic heterocycles. The standard InChI is InChI=1S/C19H17N3O4S2/c1-13(23)22(15-6-3-2-4-7-15)19-21-14(12-28-19)11-26-17(24)10-20-18(25)16-8-5-9-27-16/h2-9,12H,10-11H2,1H3,(H,20,25). The molecule has 2 aromatic heterocycles. The first kappa shape index (κ1) is 19.7. The molecule has 1 N–H and O–H groups in total. The third-order valence-corrected chi connectivity index (χ3v) is 5.32. The van der Waals surface area contributed by atoms with Crippen molar-refractivity contribution >= 4 is 51.3 Å². The molecule has 0 saturated carbocycles. The van der Waals surface area contributed by atoms with Gasteiger partial charge in [0.05, 0.1) is 16.3 Å². The van der Waals surface area contributed by atoms with E-state index in [1.807, 2.05) is 30.3 Å². The van der Waals surface area contributed by atoms with Crippen LogP contribution in [0, 0.1) is 0 Å². The van der Waals surface area contributed by atoms with Crippen LogP contribution in [-0.2, 0) is 20.9 Å². The van der Waals surface area contributed by atoms with Crippen LogP contribution in [0.5, 0.6) is 0 Å². The minimum Gasteiger partial charge on any atom is -0.458 e. The van der Waals surface area contributed by atoms with Crippen LogP contribution in [0.3, 0.4) is 0 Å². The molecule has 0 unspecified atom stereocenters. The number of hydrogen-bond acceptors (Lipinski definition) is 7. The van der Waals surface area contributed by atoms with Crippen LogP contribution in [0.4, 0.5) is 10.8 Å². The van der Waals surface area contributed by atoms with Gasteiger partial charge in [-0.1, -0.05) is 24.3 Å². The molecule has 2 amide bonds. The molecule has 1 aromatic carbocycles. The first-order chi connectivity index (χ1) is 13.5. The lowest BCUT2D eigenvalue weighted by molar-refractivity contribution is -0.143. The summed E-state index contributed by atoms with van der Waals surface area (Å²) in [5.41, 5.74) is 1.24. The number of ether oxygens (including phenoxy) is 1. The summed E-state index contributed by atoms with van der Waals surface area (Å²) in [5, 5.41) is 6.52. The Bertz CT molecular complexity index is 955. The average Bonchev–Trinajstić information content (AvgIpc) is 3.37. The van der Waals surface area contributed by atoms with Crippen LogP contribution in [0.15, 0.2) is 53.2 Å². The highest BCUT2D eigenvalue weighted by atomic mass is 32.1. The third kappa shape index (κ3) is 5.02. The van der Waals surface area contributed by atoms with E-state index in [2.05, 4.69) is 10.3 Å². The van der Waals surface area contributed by atoms with Crippen molar-refractivity contribution in [2.45, 2.75) is 13.5 Å². The van der Waals surface area contributed by atoms with Gasteiger partial charge in [0.1, 0.15) is 13.2 Å². The second-order valence-electron chi connectivity index (χ2n) is 5.63. The molecule has 2 heterocycles. The fourth-order valence-corrected chi connectivity index (χ4v) is 3.83. The van der Waals surface area contributed by atoms with E-state index in [9.17, 15) is 14.4 Å². The summed E-state index contributed by atoms with van der Waals surface area (Å²) >= 11 is 2.58. The van der Waals surface area contributed by atoms with E-state index in [0.29, 0.717) is 21.4 Å². The summed E-state index contributed by atoms with van der Waals surface area (Å²) in [7, 11) is 0. The summed E-state index contributed by atoms with van der Waals surface area (Å²) in [5.74, 6) is -1.05. The van der Waals surface area contributed by atoms with Gasteiger partial charge >= 0.3 is 5.97 Å². The minimum atomic E-state index is -0.564. The van der Waals surface area contributed by atoms with Gasteiger partial charge in [-0.2, -0.15) is 0 Å². The van der Waals surface area contributed by atoms with E-state index in [1.54, 1.807) is 22.9 Å². The second kappa shape index (κ2) is 9.25. The first-order valence-electron chi connectivity index (χ1n) is 8.32. The zero-order chi connectivity index (χ0) is 19.9. The van der Waals surface area contributed by atoms with Crippen LogP contribution in [0.25, 0.3) is 0 Å². The number of carbonyl (C=O) groups excluding carboxylic acids is 3. The Morgan fingerprint density at radius 1 is 1.11 bits per heavy atom. The maximum atomic E-state index is 12.0. The van der Waals surface area contributed by atoms with Crippen LogP contribution in [0.1, 0.15) is 22.3 Å². The number of carbonyl (C=O) groups is 3. The minimum absolute atomic E-state index is 0.0370. The number of nitrogens with one attached hydrogen (secondary N) is 1.